The van der Waals surface area contributed by atoms with E-state index in [1.165, 1.54) is 0 Å². The van der Waals surface area contributed by atoms with E-state index in [1.807, 2.05) is 31.2 Å². The van der Waals surface area contributed by atoms with Gasteiger partial charge in [0.1, 0.15) is 5.75 Å². The highest BCUT2D eigenvalue weighted by atomic mass is 16.5. The Kier molecular flexibility index (Phi) is 6.34. The maximum Gasteiger partial charge on any atom is 0.290 e. The van der Waals surface area contributed by atoms with Gasteiger partial charge in [-0.15, -0.1) is 0 Å². The van der Waals surface area contributed by atoms with Crippen LogP contribution in [-0.4, -0.2) is 34.8 Å². The lowest BCUT2D eigenvalue weighted by molar-refractivity contribution is -0.129. The van der Waals surface area contributed by atoms with Crippen molar-refractivity contribution in [3.63, 3.8) is 0 Å². The molecule has 1 aromatic carbocycles. The fourth-order valence-electron chi connectivity index (χ4n) is 3.15. The highest BCUT2D eigenvalue weighted by Gasteiger charge is 2.45. The van der Waals surface area contributed by atoms with E-state index in [2.05, 4.69) is 13.8 Å². The van der Waals surface area contributed by atoms with Gasteiger partial charge in [0.15, 0.2) is 11.5 Å². The third-order valence-electron chi connectivity index (χ3n) is 4.45. The summed E-state index contributed by atoms with van der Waals surface area (Å²) in [5.74, 6) is -0.0467. The predicted octanol–water partition coefficient (Wildman–Crippen LogP) is 4.44. The van der Waals surface area contributed by atoms with Crippen LogP contribution in [0, 0.1) is 11.3 Å². The average Bonchev–Trinajstić information content (AvgIpc) is 2.84. The molecule has 5 heteroatoms. The molecule has 1 aliphatic rings. The Bertz CT molecular complexity index is 743. The highest BCUT2D eigenvalue weighted by Crippen LogP contribution is 2.41. The standard InChI is InChI=1S/C22H31NO4/c1-7-11-23-18(15-9-8-10-16(12-15)27-13-14(2)3)17(19(24)21(23)26)20(25)22(4,5)6/h8-10,12,14,18,24H,7,11,13H2,1-6H3. The number of amides is 1. The van der Waals surface area contributed by atoms with Gasteiger partial charge in [0.25, 0.3) is 5.91 Å². The summed E-state index contributed by atoms with van der Waals surface area (Å²) < 4.78 is 5.81. The Morgan fingerprint density at radius 1 is 1.30 bits per heavy atom. The molecule has 0 saturated heterocycles. The molecule has 2 rings (SSSR count). The second kappa shape index (κ2) is 8.15. The smallest absolute Gasteiger partial charge is 0.290 e. The first-order chi connectivity index (χ1) is 12.6. The second-order valence-electron chi connectivity index (χ2n) is 8.52. The molecule has 0 aliphatic carbocycles. The van der Waals surface area contributed by atoms with Gasteiger partial charge in [0, 0.05) is 12.0 Å². The SMILES string of the molecule is CCCN1C(=O)C(O)=C(C(=O)C(C)(C)C)C1c1cccc(OCC(C)C)c1. The first kappa shape index (κ1) is 21.0. The Morgan fingerprint density at radius 2 is 1.96 bits per heavy atom. The van der Waals surface area contributed by atoms with Gasteiger partial charge in [-0.05, 0) is 30.0 Å². The van der Waals surface area contributed by atoms with Crippen LogP contribution in [0.5, 0.6) is 5.75 Å². The van der Waals surface area contributed by atoms with Crippen LogP contribution in [0.3, 0.4) is 0 Å². The van der Waals surface area contributed by atoms with Crippen molar-refractivity contribution in [3.05, 3.63) is 41.2 Å². The first-order valence-electron chi connectivity index (χ1n) is 9.59. The van der Waals surface area contributed by atoms with Crippen LogP contribution < -0.4 is 4.74 Å². The van der Waals surface area contributed by atoms with E-state index in [1.54, 1.807) is 25.7 Å². The Labute approximate surface area is 162 Å². The van der Waals surface area contributed by atoms with Crippen LogP contribution in [0.25, 0.3) is 0 Å². The highest BCUT2D eigenvalue weighted by molar-refractivity contribution is 6.10. The van der Waals surface area contributed by atoms with Crippen LogP contribution in [0.2, 0.25) is 0 Å². The number of ketones is 1. The number of nitrogens with zero attached hydrogens (tertiary/aromatic N) is 1. The zero-order chi connectivity index (χ0) is 20.4. The van der Waals surface area contributed by atoms with Crippen LogP contribution >= 0.6 is 0 Å². The zero-order valence-electron chi connectivity index (χ0n) is 17.2. The summed E-state index contributed by atoms with van der Waals surface area (Å²) in [7, 11) is 0. The van der Waals surface area contributed by atoms with Crippen LogP contribution in [0.15, 0.2) is 35.6 Å². The van der Waals surface area contributed by atoms with Gasteiger partial charge in [-0.25, -0.2) is 0 Å². The van der Waals surface area contributed by atoms with E-state index >= 15 is 0 Å². The molecule has 1 aromatic rings. The minimum atomic E-state index is -0.699. The van der Waals surface area contributed by atoms with Crippen molar-refractivity contribution in [2.75, 3.05) is 13.2 Å². The predicted molar refractivity (Wildman–Crippen MR) is 106 cm³/mol. The van der Waals surface area contributed by atoms with Gasteiger partial charge in [-0.1, -0.05) is 53.7 Å². The normalized spacial score (nSPS) is 17.8. The third-order valence-corrected chi connectivity index (χ3v) is 4.45. The maximum absolute atomic E-state index is 13.0. The summed E-state index contributed by atoms with van der Waals surface area (Å²) >= 11 is 0. The van der Waals surface area contributed by atoms with Gasteiger partial charge in [0.05, 0.1) is 18.2 Å². The molecule has 0 bridgehead atoms. The van der Waals surface area contributed by atoms with E-state index in [0.29, 0.717) is 24.8 Å². The molecule has 5 nitrogen and oxygen atoms in total. The summed E-state index contributed by atoms with van der Waals surface area (Å²) in [5.41, 5.74) is 0.257. The number of Topliss-reactive ketones (excluding diaryl/α,β-unsaturated/α-hetero) is 1. The molecule has 1 atom stereocenters. The molecule has 1 aliphatic heterocycles. The van der Waals surface area contributed by atoms with Crippen molar-refractivity contribution >= 4 is 11.7 Å². The summed E-state index contributed by atoms with van der Waals surface area (Å²) in [6, 6.07) is 6.86. The van der Waals surface area contributed by atoms with Crippen molar-refractivity contribution in [2.24, 2.45) is 11.3 Å². The molecular weight excluding hydrogens is 342 g/mol. The van der Waals surface area contributed by atoms with E-state index < -0.39 is 23.1 Å². The average molecular weight is 373 g/mol. The third kappa shape index (κ3) is 4.52. The number of carbonyl (C=O) groups excluding carboxylic acids is 2. The molecule has 1 unspecified atom stereocenters. The van der Waals surface area contributed by atoms with Crippen molar-refractivity contribution < 1.29 is 19.4 Å². The Morgan fingerprint density at radius 3 is 2.52 bits per heavy atom. The number of aliphatic hydroxyl groups is 1. The molecule has 27 heavy (non-hydrogen) atoms. The lowest BCUT2D eigenvalue weighted by Crippen LogP contribution is -2.33. The first-order valence-corrected chi connectivity index (χ1v) is 9.59. The van der Waals surface area contributed by atoms with E-state index in [0.717, 1.165) is 12.0 Å². The van der Waals surface area contributed by atoms with Crippen LogP contribution in [0.4, 0.5) is 0 Å². The Balaban J connectivity index is 2.50. The van der Waals surface area contributed by atoms with Crippen LogP contribution in [0.1, 0.15) is 59.6 Å². The maximum atomic E-state index is 13.0. The van der Waals surface area contributed by atoms with Gasteiger partial charge < -0.3 is 14.7 Å². The molecule has 1 N–H and O–H groups in total. The second-order valence-corrected chi connectivity index (χ2v) is 8.52. The summed E-state index contributed by atoms with van der Waals surface area (Å²) in [5, 5.41) is 10.5. The van der Waals surface area contributed by atoms with Crippen LogP contribution in [-0.2, 0) is 9.59 Å². The fraction of sp³-hybridized carbons (Fsp3) is 0.545. The van der Waals surface area contributed by atoms with Crippen molar-refractivity contribution in [3.8, 4) is 5.75 Å². The van der Waals surface area contributed by atoms with E-state index in [-0.39, 0.29) is 11.4 Å². The summed E-state index contributed by atoms with van der Waals surface area (Å²) in [6.45, 7) is 12.5. The number of ether oxygens (including phenoxy) is 1. The number of hydrogen-bond acceptors (Lipinski definition) is 4. The topological polar surface area (TPSA) is 66.8 Å². The van der Waals surface area contributed by atoms with E-state index in [4.69, 9.17) is 4.74 Å². The number of benzene rings is 1. The number of hydrogen-bond donors (Lipinski definition) is 1. The lowest BCUT2D eigenvalue weighted by atomic mass is 9.82. The zero-order valence-corrected chi connectivity index (χ0v) is 17.2. The molecule has 148 valence electrons. The summed E-state index contributed by atoms with van der Waals surface area (Å²) in [4.78, 5) is 27.3. The van der Waals surface area contributed by atoms with Crippen molar-refractivity contribution in [1.82, 2.24) is 4.90 Å². The molecule has 0 aromatic heterocycles. The summed E-state index contributed by atoms with van der Waals surface area (Å²) in [6.07, 6.45) is 0.732. The minimum absolute atomic E-state index is 0.182. The molecule has 1 amide bonds. The number of aliphatic hydroxyl groups excluding tert-OH is 1. The molecule has 0 spiro atoms. The van der Waals surface area contributed by atoms with Gasteiger partial charge >= 0.3 is 0 Å². The van der Waals surface area contributed by atoms with Gasteiger partial charge in [-0.2, -0.15) is 0 Å². The number of rotatable bonds is 7. The minimum Gasteiger partial charge on any atom is -0.503 e. The molecule has 0 saturated carbocycles. The van der Waals surface area contributed by atoms with Crippen molar-refractivity contribution in [2.45, 2.75) is 54.0 Å². The van der Waals surface area contributed by atoms with Crippen molar-refractivity contribution in [1.29, 1.82) is 0 Å². The fourth-order valence-corrected chi connectivity index (χ4v) is 3.15. The monoisotopic (exact) mass is 373 g/mol. The molecular formula is C22H31NO4. The number of carbonyl (C=O) groups is 2. The molecule has 0 radical (unpaired) electrons. The molecule has 0 fully saturated rings. The largest absolute Gasteiger partial charge is 0.503 e. The van der Waals surface area contributed by atoms with E-state index in [9.17, 15) is 14.7 Å². The van der Waals surface area contributed by atoms with Gasteiger partial charge in [0.2, 0.25) is 0 Å². The van der Waals surface area contributed by atoms with Gasteiger partial charge in [-0.3, -0.25) is 9.59 Å². The quantitative estimate of drug-likeness (QED) is 0.767. The lowest BCUT2D eigenvalue weighted by Gasteiger charge is -2.28. The molecule has 1 heterocycles. The Hall–Kier alpha value is -2.30.